The van der Waals surface area contributed by atoms with E-state index in [1.165, 1.54) is 19.2 Å². The summed E-state index contributed by atoms with van der Waals surface area (Å²) < 4.78 is 10.0. The van der Waals surface area contributed by atoms with Crippen LogP contribution in [0.5, 0.6) is 11.5 Å². The summed E-state index contributed by atoms with van der Waals surface area (Å²) in [5.41, 5.74) is -1.63. The molecule has 1 spiro atoms. The maximum absolute atomic E-state index is 13.1. The average molecular weight is 419 g/mol. The molecule has 10 nitrogen and oxygen atoms in total. The monoisotopic (exact) mass is 419 g/mol. The molecule has 2 atom stereocenters. The van der Waals surface area contributed by atoms with E-state index in [-0.39, 0.29) is 22.8 Å². The van der Waals surface area contributed by atoms with E-state index in [0.717, 1.165) is 17.4 Å². The lowest BCUT2D eigenvalue weighted by Crippen LogP contribution is -2.54. The summed E-state index contributed by atoms with van der Waals surface area (Å²) in [7, 11) is 1.35. The minimum absolute atomic E-state index is 0.138. The predicted molar refractivity (Wildman–Crippen MR) is 105 cm³/mol. The summed E-state index contributed by atoms with van der Waals surface area (Å²) in [6.45, 7) is 5.49. The van der Waals surface area contributed by atoms with Gasteiger partial charge in [-0.2, -0.15) is 0 Å². The van der Waals surface area contributed by atoms with Crippen molar-refractivity contribution in [2.75, 3.05) is 13.7 Å². The van der Waals surface area contributed by atoms with Gasteiger partial charge in [0.25, 0.3) is 5.91 Å². The average Bonchev–Trinajstić information content (AvgIpc) is 2.83. The number of nitro benzene ring substituents is 1. The lowest BCUT2D eigenvalue weighted by molar-refractivity contribution is -0.385. The van der Waals surface area contributed by atoms with E-state index in [4.69, 9.17) is 9.47 Å². The van der Waals surface area contributed by atoms with Crippen molar-refractivity contribution in [1.82, 2.24) is 10.2 Å². The minimum Gasteiger partial charge on any atom is -0.496 e. The number of amides is 3. The number of ether oxygens (including phenoxy) is 2. The van der Waals surface area contributed by atoms with Crippen LogP contribution in [0.15, 0.2) is 18.2 Å². The van der Waals surface area contributed by atoms with Crippen LogP contribution in [-0.2, 0) is 9.59 Å². The third-order valence-corrected chi connectivity index (χ3v) is 5.50. The van der Waals surface area contributed by atoms with Gasteiger partial charge in [0.2, 0.25) is 5.75 Å². The van der Waals surface area contributed by atoms with Crippen molar-refractivity contribution in [3.63, 3.8) is 0 Å². The SMILES string of the molecule is COc1ccc(OC(=O)CN2C(=O)NC3(CC(C)CC(C)(C)C3)C2=O)c([N+](=O)[O-])c1. The van der Waals surface area contributed by atoms with Crippen molar-refractivity contribution in [3.05, 3.63) is 28.3 Å². The summed E-state index contributed by atoms with van der Waals surface area (Å²) in [4.78, 5) is 49.3. The van der Waals surface area contributed by atoms with Gasteiger partial charge in [0.15, 0.2) is 0 Å². The van der Waals surface area contributed by atoms with Crippen LogP contribution in [0.2, 0.25) is 0 Å². The molecule has 30 heavy (non-hydrogen) atoms. The van der Waals surface area contributed by atoms with Gasteiger partial charge in [-0.3, -0.25) is 19.8 Å². The van der Waals surface area contributed by atoms with Crippen LogP contribution >= 0.6 is 0 Å². The molecule has 1 aliphatic carbocycles. The van der Waals surface area contributed by atoms with E-state index in [2.05, 4.69) is 5.32 Å². The number of methoxy groups -OCH3 is 1. The molecule has 0 radical (unpaired) electrons. The van der Waals surface area contributed by atoms with Crippen LogP contribution in [0.3, 0.4) is 0 Å². The molecule has 0 aromatic heterocycles. The normalized spacial score (nSPS) is 25.2. The zero-order valence-electron chi connectivity index (χ0n) is 17.4. The highest BCUT2D eigenvalue weighted by Crippen LogP contribution is 2.46. The molecular weight excluding hydrogens is 394 g/mol. The van der Waals surface area contributed by atoms with Gasteiger partial charge >= 0.3 is 17.7 Å². The first-order chi connectivity index (χ1) is 14.0. The zero-order chi connectivity index (χ0) is 22.3. The molecular formula is C20H25N3O7. The molecule has 1 N–H and O–H groups in total. The molecule has 2 aliphatic rings. The van der Waals surface area contributed by atoms with Gasteiger partial charge in [0.1, 0.15) is 17.8 Å². The number of esters is 1. The molecule has 1 saturated carbocycles. The first-order valence-electron chi connectivity index (χ1n) is 9.63. The Morgan fingerprint density at radius 1 is 1.33 bits per heavy atom. The molecule has 1 heterocycles. The van der Waals surface area contributed by atoms with Crippen molar-refractivity contribution < 1.29 is 28.8 Å². The Labute approximate surface area is 173 Å². The number of nitrogens with zero attached hydrogens (tertiary/aromatic N) is 2. The molecule has 1 aromatic rings. The smallest absolute Gasteiger partial charge is 0.331 e. The van der Waals surface area contributed by atoms with E-state index in [9.17, 15) is 24.5 Å². The number of hydrogen-bond acceptors (Lipinski definition) is 7. The number of nitrogens with one attached hydrogen (secondary N) is 1. The van der Waals surface area contributed by atoms with Crippen LogP contribution in [0.25, 0.3) is 0 Å². The second-order valence-corrected chi connectivity index (χ2v) is 8.82. The molecule has 1 saturated heterocycles. The molecule has 1 aliphatic heterocycles. The highest BCUT2D eigenvalue weighted by molar-refractivity contribution is 6.09. The van der Waals surface area contributed by atoms with Crippen LogP contribution in [0, 0.1) is 21.4 Å². The highest BCUT2D eigenvalue weighted by Gasteiger charge is 2.56. The van der Waals surface area contributed by atoms with Crippen molar-refractivity contribution in [3.8, 4) is 11.5 Å². The fourth-order valence-corrected chi connectivity index (χ4v) is 4.79. The van der Waals surface area contributed by atoms with E-state index in [1.54, 1.807) is 0 Å². The Bertz CT molecular complexity index is 914. The number of carbonyl (C=O) groups is 3. The standard InChI is InChI=1S/C20H25N3O7/c1-12-8-19(2,3)11-20(9-12)17(25)22(18(26)21-20)10-16(24)30-15-6-5-13(29-4)7-14(15)23(27)28/h5-7,12H,8-11H2,1-4H3,(H,21,26). The molecule has 2 fully saturated rings. The maximum atomic E-state index is 13.1. The number of imide groups is 1. The first-order valence-corrected chi connectivity index (χ1v) is 9.63. The number of rotatable bonds is 5. The Balaban J connectivity index is 1.76. The Morgan fingerprint density at radius 3 is 2.63 bits per heavy atom. The van der Waals surface area contributed by atoms with E-state index < -0.39 is 40.6 Å². The molecule has 2 unspecified atom stereocenters. The number of urea groups is 1. The second-order valence-electron chi connectivity index (χ2n) is 8.82. The molecule has 3 amide bonds. The topological polar surface area (TPSA) is 128 Å². The van der Waals surface area contributed by atoms with Gasteiger partial charge in [-0.1, -0.05) is 20.8 Å². The lowest BCUT2D eigenvalue weighted by Gasteiger charge is -2.43. The summed E-state index contributed by atoms with van der Waals surface area (Å²) >= 11 is 0. The number of hydrogen-bond donors (Lipinski definition) is 1. The fourth-order valence-electron chi connectivity index (χ4n) is 4.79. The first kappa shape index (κ1) is 21.5. The van der Waals surface area contributed by atoms with Gasteiger partial charge in [0.05, 0.1) is 18.1 Å². The predicted octanol–water partition coefficient (Wildman–Crippen LogP) is 2.65. The van der Waals surface area contributed by atoms with E-state index in [0.29, 0.717) is 12.8 Å². The molecule has 162 valence electrons. The van der Waals surface area contributed by atoms with Gasteiger partial charge in [-0.05, 0) is 42.7 Å². The van der Waals surface area contributed by atoms with Crippen molar-refractivity contribution >= 4 is 23.6 Å². The third-order valence-electron chi connectivity index (χ3n) is 5.50. The second kappa shape index (κ2) is 7.58. The summed E-state index contributed by atoms with van der Waals surface area (Å²) in [5.74, 6) is -1.25. The summed E-state index contributed by atoms with van der Waals surface area (Å²) in [6.07, 6.45) is 1.90. The van der Waals surface area contributed by atoms with Gasteiger partial charge in [-0.15, -0.1) is 0 Å². The van der Waals surface area contributed by atoms with Crippen molar-refractivity contribution in [2.24, 2.45) is 11.3 Å². The van der Waals surface area contributed by atoms with Crippen molar-refractivity contribution in [2.45, 2.75) is 45.6 Å². The van der Waals surface area contributed by atoms with Gasteiger partial charge in [-0.25, -0.2) is 9.59 Å². The van der Waals surface area contributed by atoms with E-state index >= 15 is 0 Å². The Morgan fingerprint density at radius 2 is 2.03 bits per heavy atom. The van der Waals surface area contributed by atoms with Crippen LogP contribution in [-0.4, -0.2) is 46.9 Å². The lowest BCUT2D eigenvalue weighted by atomic mass is 9.64. The van der Waals surface area contributed by atoms with Crippen LogP contribution in [0.4, 0.5) is 10.5 Å². The highest BCUT2D eigenvalue weighted by atomic mass is 16.6. The van der Waals surface area contributed by atoms with Crippen LogP contribution < -0.4 is 14.8 Å². The van der Waals surface area contributed by atoms with Gasteiger partial charge < -0.3 is 14.8 Å². The summed E-state index contributed by atoms with van der Waals surface area (Å²) in [6, 6.07) is 3.10. The fraction of sp³-hybridized carbons (Fsp3) is 0.550. The zero-order valence-corrected chi connectivity index (χ0v) is 17.4. The number of benzene rings is 1. The van der Waals surface area contributed by atoms with Gasteiger partial charge in [0, 0.05) is 0 Å². The van der Waals surface area contributed by atoms with Crippen molar-refractivity contribution in [1.29, 1.82) is 0 Å². The molecule has 0 bridgehead atoms. The van der Waals surface area contributed by atoms with E-state index in [1.807, 2.05) is 20.8 Å². The third kappa shape index (κ3) is 4.07. The largest absolute Gasteiger partial charge is 0.496 e. The molecule has 1 aromatic carbocycles. The minimum atomic E-state index is -1.04. The number of nitro groups is 1. The quantitative estimate of drug-likeness (QED) is 0.255. The molecule has 3 rings (SSSR count). The Kier molecular flexibility index (Phi) is 5.44. The Hall–Kier alpha value is -3.17. The van der Waals surface area contributed by atoms with Crippen LogP contribution in [0.1, 0.15) is 40.0 Å². The number of carbonyl (C=O) groups excluding carboxylic acids is 3. The molecule has 10 heteroatoms. The summed E-state index contributed by atoms with van der Waals surface area (Å²) in [5, 5.41) is 14.0. The maximum Gasteiger partial charge on any atom is 0.331 e.